The fourth-order valence-corrected chi connectivity index (χ4v) is 2.02. The van der Waals surface area contributed by atoms with Crippen LogP contribution in [0.5, 0.6) is 0 Å². The van der Waals surface area contributed by atoms with Crippen LogP contribution in [-0.2, 0) is 4.74 Å². The maximum atomic E-state index is 11.3. The Balaban J connectivity index is 0.00000121. The van der Waals surface area contributed by atoms with Crippen LogP contribution in [0.15, 0.2) is 0 Å². The molecule has 17 heavy (non-hydrogen) atoms. The molecule has 1 saturated carbocycles. The lowest BCUT2D eigenvalue weighted by Crippen LogP contribution is -2.49. The van der Waals surface area contributed by atoms with Crippen LogP contribution in [0.3, 0.4) is 0 Å². The molecule has 0 atom stereocenters. The molecular weight excluding hydrogens is 216 g/mol. The third kappa shape index (κ3) is 5.39. The third-order valence-electron chi connectivity index (χ3n) is 3.18. The van der Waals surface area contributed by atoms with E-state index in [1.165, 1.54) is 24.2 Å². The molecule has 0 spiro atoms. The third-order valence-corrected chi connectivity index (χ3v) is 3.18. The molecular formula is C13H28N2O2. The molecule has 4 nitrogen and oxygen atoms in total. The fraction of sp³-hybridized carbons (Fsp3) is 0.923. The molecule has 0 saturated heterocycles. The van der Waals surface area contributed by atoms with Gasteiger partial charge in [0.2, 0.25) is 0 Å². The number of hydrogen-bond donors (Lipinski definition) is 1. The summed E-state index contributed by atoms with van der Waals surface area (Å²) in [6.45, 7) is 4.49. The number of rotatable bonds is 3. The molecule has 0 radical (unpaired) electrons. The number of carbonyl (C=O) groups excluding carboxylic acids is 1. The average Bonchev–Trinajstić information content (AvgIpc) is 2.39. The van der Waals surface area contributed by atoms with E-state index >= 15 is 0 Å². The molecule has 0 aliphatic heterocycles. The first-order valence-electron chi connectivity index (χ1n) is 6.63. The second kappa shape index (κ2) is 8.34. The van der Waals surface area contributed by atoms with Gasteiger partial charge in [-0.05, 0) is 19.9 Å². The Labute approximate surface area is 106 Å². The Kier molecular flexibility index (Phi) is 7.96. The van der Waals surface area contributed by atoms with Crippen LogP contribution in [0, 0.1) is 0 Å². The Morgan fingerprint density at radius 3 is 2.18 bits per heavy atom. The summed E-state index contributed by atoms with van der Waals surface area (Å²) in [5.41, 5.74) is 0.0178. The number of nitrogens with one attached hydrogen (secondary N) is 1. The number of carbonyl (C=O) groups is 1. The zero-order valence-electron chi connectivity index (χ0n) is 12.0. The first kappa shape index (κ1) is 16.2. The number of likely N-dealkylation sites (N-methyl/N-ethyl adjacent to an activating group) is 1. The lowest BCUT2D eigenvalue weighted by atomic mass is 9.82. The van der Waals surface area contributed by atoms with Crippen molar-refractivity contribution in [3.63, 3.8) is 0 Å². The highest BCUT2D eigenvalue weighted by Crippen LogP contribution is 2.28. The molecule has 0 bridgehead atoms. The van der Waals surface area contributed by atoms with Gasteiger partial charge >= 0.3 is 6.09 Å². The quantitative estimate of drug-likeness (QED) is 0.830. The summed E-state index contributed by atoms with van der Waals surface area (Å²) in [7, 11) is 5.36. The van der Waals surface area contributed by atoms with E-state index in [2.05, 4.69) is 5.32 Å². The van der Waals surface area contributed by atoms with Crippen molar-refractivity contribution in [2.75, 3.05) is 27.7 Å². The molecule has 1 aliphatic carbocycles. The topological polar surface area (TPSA) is 41.6 Å². The van der Waals surface area contributed by atoms with Gasteiger partial charge in [0.1, 0.15) is 6.61 Å². The largest absolute Gasteiger partial charge is 0.447 e. The molecule has 0 unspecified atom stereocenters. The minimum atomic E-state index is -0.254. The summed E-state index contributed by atoms with van der Waals surface area (Å²) in [6.07, 6.45) is 5.69. The maximum Gasteiger partial charge on any atom is 0.409 e. The van der Waals surface area contributed by atoms with Crippen LogP contribution < -0.4 is 5.32 Å². The fourth-order valence-electron chi connectivity index (χ4n) is 2.02. The molecule has 102 valence electrons. The van der Waals surface area contributed by atoms with Gasteiger partial charge in [0.25, 0.3) is 0 Å². The van der Waals surface area contributed by atoms with E-state index in [0.717, 1.165) is 12.8 Å². The van der Waals surface area contributed by atoms with Crippen molar-refractivity contribution in [2.24, 2.45) is 0 Å². The second-order valence-electron chi connectivity index (χ2n) is 4.54. The van der Waals surface area contributed by atoms with Gasteiger partial charge in [0.05, 0.1) is 5.54 Å². The van der Waals surface area contributed by atoms with Crippen LogP contribution in [0.1, 0.15) is 46.0 Å². The van der Waals surface area contributed by atoms with E-state index in [1.807, 2.05) is 20.9 Å². The second-order valence-corrected chi connectivity index (χ2v) is 4.54. The van der Waals surface area contributed by atoms with Crippen molar-refractivity contribution in [3.05, 3.63) is 0 Å². The summed E-state index contributed by atoms with van der Waals surface area (Å²) in [6, 6.07) is 0. The van der Waals surface area contributed by atoms with E-state index in [1.54, 1.807) is 14.1 Å². The summed E-state index contributed by atoms with van der Waals surface area (Å²) in [5, 5.41) is 3.32. The normalized spacial score (nSPS) is 17.7. The van der Waals surface area contributed by atoms with Crippen molar-refractivity contribution >= 4 is 6.09 Å². The van der Waals surface area contributed by atoms with Crippen LogP contribution in [0.4, 0.5) is 4.79 Å². The van der Waals surface area contributed by atoms with E-state index < -0.39 is 0 Å². The summed E-state index contributed by atoms with van der Waals surface area (Å²) < 4.78 is 5.26. The molecule has 1 amide bonds. The van der Waals surface area contributed by atoms with Gasteiger partial charge in [-0.15, -0.1) is 0 Å². The molecule has 1 aliphatic rings. The molecule has 4 heteroatoms. The van der Waals surface area contributed by atoms with Gasteiger partial charge in [-0.1, -0.05) is 33.1 Å². The van der Waals surface area contributed by atoms with Crippen LogP contribution in [-0.4, -0.2) is 44.3 Å². The lowest BCUT2D eigenvalue weighted by molar-refractivity contribution is 0.0696. The Hall–Kier alpha value is -0.770. The van der Waals surface area contributed by atoms with Gasteiger partial charge in [0.15, 0.2) is 0 Å². The molecule has 0 aromatic heterocycles. The van der Waals surface area contributed by atoms with Gasteiger partial charge in [-0.25, -0.2) is 4.79 Å². The molecule has 0 heterocycles. The van der Waals surface area contributed by atoms with Gasteiger partial charge in [-0.2, -0.15) is 0 Å². The first-order chi connectivity index (χ1) is 8.09. The lowest BCUT2D eigenvalue weighted by Gasteiger charge is -2.36. The zero-order valence-corrected chi connectivity index (χ0v) is 12.0. The summed E-state index contributed by atoms with van der Waals surface area (Å²) >= 11 is 0. The summed E-state index contributed by atoms with van der Waals surface area (Å²) in [5.74, 6) is 0. The van der Waals surface area contributed by atoms with Crippen LogP contribution >= 0.6 is 0 Å². The van der Waals surface area contributed by atoms with Crippen molar-refractivity contribution in [1.82, 2.24) is 10.2 Å². The van der Waals surface area contributed by atoms with Crippen molar-refractivity contribution < 1.29 is 9.53 Å². The molecule has 0 aromatic carbocycles. The Morgan fingerprint density at radius 2 is 1.76 bits per heavy atom. The first-order valence-corrected chi connectivity index (χ1v) is 6.63. The molecule has 0 aromatic rings. The minimum Gasteiger partial charge on any atom is -0.447 e. The highest BCUT2D eigenvalue weighted by molar-refractivity contribution is 5.66. The van der Waals surface area contributed by atoms with E-state index in [9.17, 15) is 4.79 Å². The van der Waals surface area contributed by atoms with Crippen molar-refractivity contribution in [1.29, 1.82) is 0 Å². The van der Waals surface area contributed by atoms with E-state index in [0.29, 0.717) is 6.61 Å². The SMILES string of the molecule is CC.CNC1(COC(=O)N(C)C)CCCCC1. The molecule has 1 rings (SSSR count). The predicted octanol–water partition coefficient (Wildman–Crippen LogP) is 2.63. The van der Waals surface area contributed by atoms with Crippen LogP contribution in [0.25, 0.3) is 0 Å². The van der Waals surface area contributed by atoms with E-state index in [-0.39, 0.29) is 11.6 Å². The van der Waals surface area contributed by atoms with Crippen LogP contribution in [0.2, 0.25) is 0 Å². The smallest absolute Gasteiger partial charge is 0.409 e. The Morgan fingerprint density at radius 1 is 1.24 bits per heavy atom. The van der Waals surface area contributed by atoms with E-state index in [4.69, 9.17) is 4.74 Å². The zero-order chi connectivity index (χ0) is 13.3. The number of ether oxygens (including phenoxy) is 1. The minimum absolute atomic E-state index is 0.0178. The summed E-state index contributed by atoms with van der Waals surface area (Å²) in [4.78, 5) is 12.8. The predicted molar refractivity (Wildman–Crippen MR) is 71.3 cm³/mol. The number of amides is 1. The average molecular weight is 244 g/mol. The highest BCUT2D eigenvalue weighted by Gasteiger charge is 2.31. The maximum absolute atomic E-state index is 11.3. The Bertz CT molecular complexity index is 211. The number of nitrogens with zero attached hydrogens (tertiary/aromatic N) is 1. The van der Waals surface area contributed by atoms with Crippen molar-refractivity contribution in [3.8, 4) is 0 Å². The van der Waals surface area contributed by atoms with Gasteiger partial charge in [-0.3, -0.25) is 0 Å². The molecule has 1 fully saturated rings. The standard InChI is InChI=1S/C11H22N2O2.C2H6/c1-12-11(7-5-4-6-8-11)9-15-10(14)13(2)3;1-2/h12H,4-9H2,1-3H3;1-2H3. The van der Waals surface area contributed by atoms with Gasteiger partial charge < -0.3 is 15.0 Å². The molecule has 1 N–H and O–H groups in total. The highest BCUT2D eigenvalue weighted by atomic mass is 16.6. The van der Waals surface area contributed by atoms with Gasteiger partial charge in [0, 0.05) is 14.1 Å². The van der Waals surface area contributed by atoms with Crippen molar-refractivity contribution in [2.45, 2.75) is 51.5 Å². The number of hydrogen-bond acceptors (Lipinski definition) is 3. The monoisotopic (exact) mass is 244 g/mol.